The molecule has 0 N–H and O–H groups in total. The van der Waals surface area contributed by atoms with Crippen LogP contribution in [0.3, 0.4) is 0 Å². The summed E-state index contributed by atoms with van der Waals surface area (Å²) in [6, 6.07) is 8.59. The van der Waals surface area contributed by atoms with Gasteiger partial charge in [-0.15, -0.1) is 0 Å². The molecule has 2 heteroatoms. The summed E-state index contributed by atoms with van der Waals surface area (Å²) in [7, 11) is 0. The summed E-state index contributed by atoms with van der Waals surface area (Å²) in [6.45, 7) is 7.45. The Morgan fingerprint density at radius 2 is 1.58 bits per heavy atom. The second-order valence-electron chi connectivity index (χ2n) is 5.02. The summed E-state index contributed by atoms with van der Waals surface area (Å²) in [5.74, 6) is -0.344. The first-order chi connectivity index (χ1) is 8.90. The molecule has 0 saturated heterocycles. The van der Waals surface area contributed by atoms with Gasteiger partial charge in [0.2, 0.25) is 0 Å². The Balaban J connectivity index is 2.71. The zero-order valence-corrected chi connectivity index (χ0v) is 11.7. The average Bonchev–Trinajstić information content (AvgIpc) is 2.29. The van der Waals surface area contributed by atoms with Crippen molar-refractivity contribution in [3.8, 4) is 11.1 Å². The highest BCUT2D eigenvalue weighted by Gasteiger charge is 2.13. The summed E-state index contributed by atoms with van der Waals surface area (Å²) >= 11 is 0. The Hall–Kier alpha value is -1.96. The number of benzene rings is 2. The summed E-state index contributed by atoms with van der Waals surface area (Å²) < 4.78 is 14.1. The van der Waals surface area contributed by atoms with E-state index in [4.69, 9.17) is 0 Å². The Kier molecular flexibility index (Phi) is 3.52. The van der Waals surface area contributed by atoms with Gasteiger partial charge in [0.25, 0.3) is 0 Å². The Morgan fingerprint density at radius 3 is 2.11 bits per heavy atom. The molecule has 98 valence electrons. The van der Waals surface area contributed by atoms with Gasteiger partial charge in [0, 0.05) is 11.1 Å². The number of ketones is 1. The molecule has 2 rings (SSSR count). The van der Waals surface area contributed by atoms with Gasteiger partial charge in [-0.05, 0) is 62.6 Å². The van der Waals surface area contributed by atoms with Gasteiger partial charge < -0.3 is 0 Å². The number of aryl methyl sites for hydroxylation is 3. The van der Waals surface area contributed by atoms with Crippen LogP contribution in [-0.4, -0.2) is 5.78 Å². The molecule has 0 saturated carbocycles. The Morgan fingerprint density at radius 1 is 1.00 bits per heavy atom. The zero-order valence-electron chi connectivity index (χ0n) is 11.7. The lowest BCUT2D eigenvalue weighted by Crippen LogP contribution is -1.97. The summed E-state index contributed by atoms with van der Waals surface area (Å²) in [4.78, 5) is 11.4. The van der Waals surface area contributed by atoms with Crippen LogP contribution in [0.4, 0.5) is 4.39 Å². The van der Waals surface area contributed by atoms with Gasteiger partial charge in [0.1, 0.15) is 5.82 Å². The smallest absolute Gasteiger partial charge is 0.159 e. The molecule has 0 amide bonds. The van der Waals surface area contributed by atoms with E-state index in [1.807, 2.05) is 32.9 Å². The van der Waals surface area contributed by atoms with Crippen molar-refractivity contribution in [1.82, 2.24) is 0 Å². The molecule has 19 heavy (non-hydrogen) atoms. The molecule has 0 heterocycles. The average molecular weight is 256 g/mol. The largest absolute Gasteiger partial charge is 0.295 e. The minimum atomic E-state index is -0.292. The van der Waals surface area contributed by atoms with Gasteiger partial charge >= 0.3 is 0 Å². The number of Topliss-reactive ketones (excluding diaryl/α,β-unsaturated/α-hetero) is 1. The van der Waals surface area contributed by atoms with Gasteiger partial charge in [-0.1, -0.05) is 17.7 Å². The van der Waals surface area contributed by atoms with E-state index < -0.39 is 0 Å². The van der Waals surface area contributed by atoms with Crippen LogP contribution in [0.15, 0.2) is 30.3 Å². The van der Waals surface area contributed by atoms with Crippen molar-refractivity contribution in [2.45, 2.75) is 27.7 Å². The highest BCUT2D eigenvalue weighted by Crippen LogP contribution is 2.31. The quantitative estimate of drug-likeness (QED) is 0.716. The van der Waals surface area contributed by atoms with Crippen LogP contribution in [0, 0.1) is 26.6 Å². The summed E-state index contributed by atoms with van der Waals surface area (Å²) in [6.07, 6.45) is 0. The number of halogens is 1. The van der Waals surface area contributed by atoms with Crippen LogP contribution < -0.4 is 0 Å². The van der Waals surface area contributed by atoms with Crippen molar-refractivity contribution < 1.29 is 9.18 Å². The summed E-state index contributed by atoms with van der Waals surface area (Å²) in [5.41, 5.74) is 5.13. The van der Waals surface area contributed by atoms with Gasteiger partial charge in [-0.2, -0.15) is 0 Å². The van der Waals surface area contributed by atoms with Crippen molar-refractivity contribution in [3.63, 3.8) is 0 Å². The molecule has 2 aromatic rings. The highest BCUT2D eigenvalue weighted by molar-refractivity contribution is 5.95. The van der Waals surface area contributed by atoms with Gasteiger partial charge in [-0.3, -0.25) is 4.79 Å². The third-order valence-electron chi connectivity index (χ3n) is 3.32. The molecule has 0 aliphatic carbocycles. The molecule has 1 nitrogen and oxygen atoms in total. The van der Waals surface area contributed by atoms with Gasteiger partial charge in [0.05, 0.1) is 0 Å². The number of hydrogen-bond acceptors (Lipinski definition) is 1. The predicted molar refractivity (Wildman–Crippen MR) is 76.1 cm³/mol. The van der Waals surface area contributed by atoms with E-state index in [1.54, 1.807) is 6.07 Å². The highest BCUT2D eigenvalue weighted by atomic mass is 19.1. The van der Waals surface area contributed by atoms with E-state index in [0.29, 0.717) is 11.1 Å². The first-order valence-corrected chi connectivity index (χ1v) is 6.29. The van der Waals surface area contributed by atoms with Crippen molar-refractivity contribution >= 4 is 5.78 Å². The second-order valence-corrected chi connectivity index (χ2v) is 5.02. The molecule has 0 radical (unpaired) electrons. The molecule has 2 aromatic carbocycles. The first kappa shape index (κ1) is 13.5. The normalized spacial score (nSPS) is 10.6. The van der Waals surface area contributed by atoms with Crippen LogP contribution in [-0.2, 0) is 0 Å². The maximum Gasteiger partial charge on any atom is 0.159 e. The van der Waals surface area contributed by atoms with Crippen molar-refractivity contribution in [2.24, 2.45) is 0 Å². The van der Waals surface area contributed by atoms with E-state index >= 15 is 0 Å². The topological polar surface area (TPSA) is 17.1 Å². The minimum Gasteiger partial charge on any atom is -0.295 e. The van der Waals surface area contributed by atoms with Crippen molar-refractivity contribution in [2.75, 3.05) is 0 Å². The molecule has 0 fully saturated rings. The number of carbonyl (C=O) groups is 1. The van der Waals surface area contributed by atoms with Crippen LogP contribution in [0.1, 0.15) is 34.0 Å². The van der Waals surface area contributed by atoms with Crippen LogP contribution in [0.2, 0.25) is 0 Å². The molecule has 0 spiro atoms. The third-order valence-corrected chi connectivity index (χ3v) is 3.32. The van der Waals surface area contributed by atoms with E-state index in [-0.39, 0.29) is 11.6 Å². The number of carbonyl (C=O) groups excluding carboxylic acids is 1. The van der Waals surface area contributed by atoms with Gasteiger partial charge in [0.15, 0.2) is 5.78 Å². The van der Waals surface area contributed by atoms with Crippen molar-refractivity contribution in [3.05, 3.63) is 58.4 Å². The Labute approximate surface area is 113 Å². The molecule has 0 bridgehead atoms. The molecule has 0 aromatic heterocycles. The van der Waals surface area contributed by atoms with Gasteiger partial charge in [-0.25, -0.2) is 4.39 Å². The molecule has 0 unspecified atom stereocenters. The van der Waals surface area contributed by atoms with E-state index in [9.17, 15) is 9.18 Å². The lowest BCUT2D eigenvalue weighted by molar-refractivity contribution is 0.101. The number of rotatable bonds is 2. The predicted octanol–water partition coefficient (Wildman–Crippen LogP) is 4.62. The second kappa shape index (κ2) is 4.96. The SMILES string of the molecule is CC(=O)c1ccc(F)c(-c2c(C)cc(C)cc2C)c1. The lowest BCUT2D eigenvalue weighted by Gasteiger charge is -2.13. The zero-order chi connectivity index (χ0) is 14.2. The fraction of sp³-hybridized carbons (Fsp3) is 0.235. The fourth-order valence-corrected chi connectivity index (χ4v) is 2.54. The maximum absolute atomic E-state index is 14.1. The molecule has 0 atom stereocenters. The molecule has 0 aliphatic rings. The van der Waals surface area contributed by atoms with E-state index in [2.05, 4.69) is 0 Å². The van der Waals surface area contributed by atoms with Crippen LogP contribution in [0.5, 0.6) is 0 Å². The molecule has 0 aliphatic heterocycles. The molecular weight excluding hydrogens is 239 g/mol. The van der Waals surface area contributed by atoms with Crippen LogP contribution in [0.25, 0.3) is 11.1 Å². The first-order valence-electron chi connectivity index (χ1n) is 6.29. The van der Waals surface area contributed by atoms with Crippen molar-refractivity contribution in [1.29, 1.82) is 0 Å². The summed E-state index contributed by atoms with van der Waals surface area (Å²) in [5, 5.41) is 0. The lowest BCUT2D eigenvalue weighted by atomic mass is 9.92. The third kappa shape index (κ3) is 2.58. The monoisotopic (exact) mass is 256 g/mol. The van der Waals surface area contributed by atoms with E-state index in [1.165, 1.54) is 19.1 Å². The van der Waals surface area contributed by atoms with E-state index in [0.717, 1.165) is 22.3 Å². The Bertz CT molecular complexity index is 633. The molecular formula is C17H17FO. The maximum atomic E-state index is 14.1. The van der Waals surface area contributed by atoms with Crippen LogP contribution >= 0.6 is 0 Å². The number of hydrogen-bond donors (Lipinski definition) is 0. The standard InChI is InChI=1S/C17H17FO/c1-10-7-11(2)17(12(3)8-10)15-9-14(13(4)19)5-6-16(15)18/h5-9H,1-4H3. The fourth-order valence-electron chi connectivity index (χ4n) is 2.54. The minimum absolute atomic E-state index is 0.0522.